The highest BCUT2D eigenvalue weighted by Gasteiger charge is 2.30. The van der Waals surface area contributed by atoms with Gasteiger partial charge in [0, 0.05) is 12.5 Å². The smallest absolute Gasteiger partial charge is 0.342 e. The number of rotatable bonds is 6. The average molecular weight is 399 g/mol. The lowest BCUT2D eigenvalue weighted by Crippen LogP contribution is -2.41. The van der Waals surface area contributed by atoms with Crippen LogP contribution in [0.4, 0.5) is 5.69 Å². The summed E-state index contributed by atoms with van der Waals surface area (Å²) in [5.74, 6) is 0.177. The summed E-state index contributed by atoms with van der Waals surface area (Å²) in [7, 11) is 0. The van der Waals surface area contributed by atoms with Crippen molar-refractivity contribution in [3.63, 3.8) is 0 Å². The molecule has 1 unspecified atom stereocenters. The highest BCUT2D eigenvalue weighted by molar-refractivity contribution is 6.07. The molecular formula is C22H29N3O4. The molecule has 2 N–H and O–H groups in total. The Morgan fingerprint density at radius 2 is 2.10 bits per heavy atom. The second-order valence-corrected chi connectivity index (χ2v) is 7.65. The van der Waals surface area contributed by atoms with Crippen molar-refractivity contribution in [2.45, 2.75) is 46.6 Å². The number of aryl methyl sites for hydroxylation is 1. The van der Waals surface area contributed by atoms with Gasteiger partial charge in [0.25, 0.3) is 0 Å². The van der Waals surface area contributed by atoms with Crippen LogP contribution in [-0.4, -0.2) is 47.6 Å². The largest absolute Gasteiger partial charge is 0.491 e. The lowest BCUT2D eigenvalue weighted by molar-refractivity contribution is -0.135. The first kappa shape index (κ1) is 20.9. The third kappa shape index (κ3) is 4.13. The van der Waals surface area contributed by atoms with E-state index in [0.29, 0.717) is 34.6 Å². The van der Waals surface area contributed by atoms with Crippen LogP contribution in [0.3, 0.4) is 0 Å². The van der Waals surface area contributed by atoms with Gasteiger partial charge in [0.1, 0.15) is 17.9 Å². The summed E-state index contributed by atoms with van der Waals surface area (Å²) in [4.78, 5) is 31.2. The molecule has 0 bridgehead atoms. The van der Waals surface area contributed by atoms with Crippen LogP contribution in [0.25, 0.3) is 10.9 Å². The molecule has 1 fully saturated rings. The van der Waals surface area contributed by atoms with Gasteiger partial charge in [-0.2, -0.15) is 0 Å². The molecule has 2 aromatic rings. The predicted octanol–water partition coefficient (Wildman–Crippen LogP) is 3.33. The van der Waals surface area contributed by atoms with Gasteiger partial charge in [0.05, 0.1) is 34.9 Å². The van der Waals surface area contributed by atoms with Gasteiger partial charge in [-0.1, -0.05) is 19.9 Å². The van der Waals surface area contributed by atoms with E-state index in [2.05, 4.69) is 4.98 Å². The van der Waals surface area contributed by atoms with E-state index in [0.717, 1.165) is 19.4 Å². The maximum atomic E-state index is 12.4. The minimum absolute atomic E-state index is 0.0318. The minimum Gasteiger partial charge on any atom is -0.491 e. The maximum Gasteiger partial charge on any atom is 0.342 e. The summed E-state index contributed by atoms with van der Waals surface area (Å²) in [5, 5.41) is 0.598. The number of anilines is 1. The van der Waals surface area contributed by atoms with Crippen molar-refractivity contribution in [1.29, 1.82) is 0 Å². The van der Waals surface area contributed by atoms with E-state index >= 15 is 0 Å². The molecule has 29 heavy (non-hydrogen) atoms. The number of hydrogen-bond donors (Lipinski definition) is 1. The zero-order valence-electron chi connectivity index (χ0n) is 17.5. The van der Waals surface area contributed by atoms with Crippen molar-refractivity contribution in [2.24, 2.45) is 5.92 Å². The fraction of sp³-hybridized carbons (Fsp3) is 0.500. The van der Waals surface area contributed by atoms with E-state index in [1.807, 2.05) is 36.9 Å². The number of pyridine rings is 1. The van der Waals surface area contributed by atoms with Gasteiger partial charge >= 0.3 is 5.97 Å². The number of nitrogens with two attached hydrogens (primary N) is 1. The summed E-state index contributed by atoms with van der Waals surface area (Å²) in [6.45, 7) is 8.71. The number of nitrogens with zero attached hydrogens (tertiary/aromatic N) is 2. The lowest BCUT2D eigenvalue weighted by atomic mass is 10.1. The first-order chi connectivity index (χ1) is 13.8. The van der Waals surface area contributed by atoms with E-state index in [4.69, 9.17) is 15.2 Å². The number of carbonyl (C=O) groups excluding carboxylic acids is 2. The number of likely N-dealkylation sites (tertiary alicyclic amines) is 1. The van der Waals surface area contributed by atoms with E-state index in [1.54, 1.807) is 13.8 Å². The second kappa shape index (κ2) is 8.68. The van der Waals surface area contributed by atoms with Gasteiger partial charge in [-0.3, -0.25) is 9.78 Å². The van der Waals surface area contributed by atoms with E-state index in [1.165, 1.54) is 0 Å². The number of carbonyl (C=O) groups is 2. The fourth-order valence-electron chi connectivity index (χ4n) is 3.84. The van der Waals surface area contributed by atoms with Gasteiger partial charge in [-0.25, -0.2) is 4.79 Å². The Labute approximate surface area is 171 Å². The summed E-state index contributed by atoms with van der Waals surface area (Å²) in [6, 6.07) is 5.53. The van der Waals surface area contributed by atoms with Gasteiger partial charge in [0.2, 0.25) is 5.91 Å². The molecule has 3 rings (SSSR count). The standard InChI is InChI=1S/C22H29N3O4/c1-5-28-22(27)18-14(4)24-16-9-6-10-17(19(16)20(18)23)29-12-15-8-7-11-25(15)21(26)13(2)3/h6,9-10,13,15H,5,7-8,11-12H2,1-4H3,(H2,23,24). The average Bonchev–Trinajstić information content (AvgIpc) is 3.14. The minimum atomic E-state index is -0.490. The number of aromatic nitrogens is 1. The monoisotopic (exact) mass is 399 g/mol. The van der Waals surface area contributed by atoms with Gasteiger partial charge in [-0.15, -0.1) is 0 Å². The SMILES string of the molecule is CCOC(=O)c1c(C)nc2cccc(OCC3CCCN3C(=O)C(C)C)c2c1N. The Kier molecular flexibility index (Phi) is 6.25. The summed E-state index contributed by atoms with van der Waals surface area (Å²) < 4.78 is 11.3. The topological polar surface area (TPSA) is 94.8 Å². The molecule has 1 atom stereocenters. The Morgan fingerprint density at radius 1 is 1.34 bits per heavy atom. The summed E-state index contributed by atoms with van der Waals surface area (Å²) >= 11 is 0. The van der Waals surface area contributed by atoms with Crippen molar-refractivity contribution in [2.75, 3.05) is 25.5 Å². The number of benzene rings is 1. The highest BCUT2D eigenvalue weighted by Crippen LogP contribution is 2.34. The molecule has 2 heterocycles. The molecule has 0 aliphatic carbocycles. The quantitative estimate of drug-likeness (QED) is 0.749. The number of nitrogen functional groups attached to an aromatic ring is 1. The normalized spacial score (nSPS) is 16.4. The zero-order chi connectivity index (χ0) is 21.1. The molecule has 1 aromatic carbocycles. The number of fused-ring (bicyclic) bond motifs is 1. The van der Waals surface area contributed by atoms with Gasteiger partial charge in [0.15, 0.2) is 0 Å². The molecule has 0 radical (unpaired) electrons. The molecule has 1 aromatic heterocycles. The van der Waals surface area contributed by atoms with Crippen LogP contribution in [0.5, 0.6) is 5.75 Å². The predicted molar refractivity (Wildman–Crippen MR) is 112 cm³/mol. The first-order valence-electron chi connectivity index (χ1n) is 10.1. The molecular weight excluding hydrogens is 370 g/mol. The highest BCUT2D eigenvalue weighted by atomic mass is 16.5. The molecule has 156 valence electrons. The van der Waals surface area contributed by atoms with Crippen molar-refractivity contribution < 1.29 is 19.1 Å². The van der Waals surface area contributed by atoms with Crippen LogP contribution in [0, 0.1) is 12.8 Å². The molecule has 1 aliphatic heterocycles. The summed E-state index contributed by atoms with van der Waals surface area (Å²) in [5.41, 5.74) is 8.13. The number of ether oxygens (including phenoxy) is 2. The zero-order valence-corrected chi connectivity index (χ0v) is 17.5. The fourth-order valence-corrected chi connectivity index (χ4v) is 3.84. The Morgan fingerprint density at radius 3 is 2.79 bits per heavy atom. The van der Waals surface area contributed by atoms with Gasteiger partial charge < -0.3 is 20.1 Å². The Balaban J connectivity index is 1.91. The van der Waals surface area contributed by atoms with Crippen molar-refractivity contribution in [3.05, 3.63) is 29.5 Å². The lowest BCUT2D eigenvalue weighted by Gasteiger charge is -2.26. The molecule has 7 nitrogen and oxygen atoms in total. The third-order valence-corrected chi connectivity index (χ3v) is 5.26. The van der Waals surface area contributed by atoms with Crippen LogP contribution in [0.1, 0.15) is 49.7 Å². The van der Waals surface area contributed by atoms with Gasteiger partial charge in [-0.05, 0) is 38.8 Å². The van der Waals surface area contributed by atoms with Crippen LogP contribution in [0.2, 0.25) is 0 Å². The van der Waals surface area contributed by atoms with Crippen molar-refractivity contribution >= 4 is 28.5 Å². The van der Waals surface area contributed by atoms with Crippen LogP contribution in [-0.2, 0) is 9.53 Å². The second-order valence-electron chi connectivity index (χ2n) is 7.65. The first-order valence-corrected chi connectivity index (χ1v) is 10.1. The molecule has 1 saturated heterocycles. The molecule has 0 spiro atoms. The molecule has 7 heteroatoms. The molecule has 0 saturated carbocycles. The molecule has 1 aliphatic rings. The maximum absolute atomic E-state index is 12.4. The van der Waals surface area contributed by atoms with E-state index in [-0.39, 0.29) is 30.0 Å². The van der Waals surface area contributed by atoms with Crippen molar-refractivity contribution in [3.8, 4) is 5.75 Å². The van der Waals surface area contributed by atoms with Crippen LogP contribution in [0.15, 0.2) is 18.2 Å². The third-order valence-electron chi connectivity index (χ3n) is 5.26. The van der Waals surface area contributed by atoms with Crippen LogP contribution < -0.4 is 10.5 Å². The Bertz CT molecular complexity index is 926. The van der Waals surface area contributed by atoms with E-state index in [9.17, 15) is 9.59 Å². The van der Waals surface area contributed by atoms with Crippen molar-refractivity contribution in [1.82, 2.24) is 9.88 Å². The summed E-state index contributed by atoms with van der Waals surface area (Å²) in [6.07, 6.45) is 1.88. The molecule has 1 amide bonds. The number of hydrogen-bond acceptors (Lipinski definition) is 6. The Hall–Kier alpha value is -2.83. The number of esters is 1. The van der Waals surface area contributed by atoms with Crippen LogP contribution >= 0.6 is 0 Å². The van der Waals surface area contributed by atoms with E-state index < -0.39 is 5.97 Å². The number of amides is 1.